The average molecular weight is 153 g/mol. The normalized spacial score (nSPS) is 6.00. The lowest BCUT2D eigenvalue weighted by Gasteiger charge is -1.65. The zero-order chi connectivity index (χ0) is 9.86. The van der Waals surface area contributed by atoms with Crippen molar-refractivity contribution in [3.63, 3.8) is 0 Å². The maximum absolute atomic E-state index is 3.56. The van der Waals surface area contributed by atoms with Crippen molar-refractivity contribution >= 4 is 7.28 Å². The van der Waals surface area contributed by atoms with Gasteiger partial charge in [0.05, 0.1) is 0 Å². The van der Waals surface area contributed by atoms with Gasteiger partial charge in [0.1, 0.15) is 7.28 Å². The van der Waals surface area contributed by atoms with Crippen molar-refractivity contribution in [3.8, 4) is 0 Å². The van der Waals surface area contributed by atoms with Crippen molar-refractivity contribution in [2.45, 2.75) is 41.3 Å². The third-order valence-electron chi connectivity index (χ3n) is 0. The fraction of sp³-hybridized carbons (Fsp3) is 0.600. The summed E-state index contributed by atoms with van der Waals surface area (Å²) in [7, 11) is 2.00. The lowest BCUT2D eigenvalue weighted by atomic mass is 9.88. The zero-order valence-corrected chi connectivity index (χ0v) is 8.99. The third-order valence-corrected chi connectivity index (χ3v) is 0. The van der Waals surface area contributed by atoms with Gasteiger partial charge in [-0.3, -0.25) is 0 Å². The van der Waals surface area contributed by atoms with E-state index in [0.29, 0.717) is 0 Å². The van der Waals surface area contributed by atoms with Crippen molar-refractivity contribution < 1.29 is 0 Å². The quantitative estimate of drug-likeness (QED) is 0.365. The highest BCUT2D eigenvalue weighted by Crippen LogP contribution is 1.74. The summed E-state index contributed by atoms with van der Waals surface area (Å²) in [5, 5.41) is 0. The minimum atomic E-state index is 1.17. The van der Waals surface area contributed by atoms with E-state index < -0.39 is 0 Å². The molecule has 0 aliphatic heterocycles. The van der Waals surface area contributed by atoms with E-state index in [1.54, 1.807) is 0 Å². The summed E-state index contributed by atoms with van der Waals surface area (Å²) in [5.74, 6) is 0. The summed E-state index contributed by atoms with van der Waals surface area (Å²) in [6.45, 7) is 19.0. The van der Waals surface area contributed by atoms with Crippen LogP contribution in [0.5, 0.6) is 0 Å². The van der Waals surface area contributed by atoms with Crippen molar-refractivity contribution in [1.29, 1.82) is 0 Å². The Hall–Kier alpha value is -0.455. The largest absolute Gasteiger partial charge is 0.102 e. The number of allylic oxidation sites excluding steroid dienone is 2. The van der Waals surface area contributed by atoms with Gasteiger partial charge in [0, 0.05) is 0 Å². The average Bonchev–Trinajstić information content (AvgIpc) is 1.60. The van der Waals surface area contributed by atoms with Gasteiger partial charge in [0.25, 0.3) is 0 Å². The second-order valence-electron chi connectivity index (χ2n) is 2.99. The molecule has 0 aliphatic carbocycles. The first-order valence-corrected chi connectivity index (χ1v) is 3.86. The Morgan fingerprint density at radius 2 is 0.818 bits per heavy atom. The lowest BCUT2D eigenvalue weighted by molar-refractivity contribution is 1.42. The fourth-order valence-corrected chi connectivity index (χ4v) is 0. The van der Waals surface area contributed by atoms with Crippen LogP contribution >= 0.6 is 0 Å². The molecule has 0 fully saturated rings. The molecular weight excluding hydrogens is 131 g/mol. The molecular formula is C10H22B. The van der Waals surface area contributed by atoms with Crippen LogP contribution in [0.1, 0.15) is 27.7 Å². The summed E-state index contributed by atoms with van der Waals surface area (Å²) in [6.07, 6.45) is 0. The van der Waals surface area contributed by atoms with Crippen LogP contribution in [0.4, 0.5) is 0 Å². The molecule has 11 heavy (non-hydrogen) atoms. The van der Waals surface area contributed by atoms with E-state index in [0.717, 1.165) is 0 Å². The van der Waals surface area contributed by atoms with Crippen LogP contribution in [0.2, 0.25) is 13.6 Å². The smallest absolute Gasteiger partial charge is 0.100 e. The van der Waals surface area contributed by atoms with Crippen LogP contribution in [0, 0.1) is 0 Å². The molecule has 0 atom stereocenters. The van der Waals surface area contributed by atoms with Gasteiger partial charge in [0.2, 0.25) is 0 Å². The molecule has 0 spiro atoms. The Kier molecular flexibility index (Phi) is 25.0. The van der Waals surface area contributed by atoms with Crippen molar-refractivity contribution in [2.75, 3.05) is 0 Å². The number of hydrogen-bond acceptors (Lipinski definition) is 0. The Morgan fingerprint density at radius 3 is 0.818 bits per heavy atom. The van der Waals surface area contributed by atoms with Crippen LogP contribution in [0.3, 0.4) is 0 Å². The van der Waals surface area contributed by atoms with E-state index in [4.69, 9.17) is 0 Å². The summed E-state index contributed by atoms with van der Waals surface area (Å²) in [6, 6.07) is 0. The molecule has 0 aromatic heterocycles. The van der Waals surface area contributed by atoms with E-state index in [2.05, 4.69) is 13.2 Å². The minimum absolute atomic E-state index is 1.17. The Bertz CT molecular complexity index is 73.0. The molecule has 0 amide bonds. The highest BCUT2D eigenvalue weighted by Gasteiger charge is 1.52. The van der Waals surface area contributed by atoms with Crippen molar-refractivity contribution in [2.24, 2.45) is 0 Å². The second-order valence-corrected chi connectivity index (χ2v) is 2.99. The fourth-order valence-electron chi connectivity index (χ4n) is 0. The first-order chi connectivity index (χ1) is 4.88. The van der Waals surface area contributed by atoms with Gasteiger partial charge in [-0.25, -0.2) is 0 Å². The van der Waals surface area contributed by atoms with E-state index in [-0.39, 0.29) is 0 Å². The molecule has 0 unspecified atom stereocenters. The Balaban J connectivity index is -0.0000000886. The highest BCUT2D eigenvalue weighted by atomic mass is 13.6. The molecule has 1 radical (unpaired) electrons. The van der Waals surface area contributed by atoms with Crippen LogP contribution < -0.4 is 0 Å². The number of hydrogen-bond donors (Lipinski definition) is 0. The Morgan fingerprint density at radius 1 is 0.818 bits per heavy atom. The molecule has 0 N–H and O–H groups in total. The summed E-state index contributed by atoms with van der Waals surface area (Å²) < 4.78 is 0. The van der Waals surface area contributed by atoms with Crippen molar-refractivity contribution in [3.05, 3.63) is 24.3 Å². The van der Waals surface area contributed by atoms with Crippen molar-refractivity contribution in [1.82, 2.24) is 0 Å². The molecule has 0 aromatic carbocycles. The molecule has 0 aliphatic rings. The molecule has 0 saturated heterocycles. The number of rotatable bonds is 0. The first kappa shape index (κ1) is 16.9. The van der Waals surface area contributed by atoms with Crippen LogP contribution in [-0.4, -0.2) is 7.28 Å². The zero-order valence-electron chi connectivity index (χ0n) is 8.99. The topological polar surface area (TPSA) is 0 Å². The summed E-state index contributed by atoms with van der Waals surface area (Å²) in [4.78, 5) is 0. The highest BCUT2D eigenvalue weighted by molar-refractivity contribution is 6.31. The third kappa shape index (κ3) is 2620. The van der Waals surface area contributed by atoms with Gasteiger partial charge >= 0.3 is 0 Å². The molecule has 0 saturated carbocycles. The Labute approximate surface area is 73.6 Å². The van der Waals surface area contributed by atoms with Gasteiger partial charge < -0.3 is 0 Å². The van der Waals surface area contributed by atoms with E-state index in [1.165, 1.54) is 11.1 Å². The predicted octanol–water partition coefficient (Wildman–Crippen LogP) is 3.95. The molecule has 0 aromatic rings. The van der Waals surface area contributed by atoms with E-state index in [1.807, 2.05) is 48.6 Å². The summed E-state index contributed by atoms with van der Waals surface area (Å²) in [5.41, 5.74) is 2.33. The van der Waals surface area contributed by atoms with Gasteiger partial charge in [-0.05, 0) is 27.7 Å². The molecule has 65 valence electrons. The van der Waals surface area contributed by atoms with Gasteiger partial charge in [0.15, 0.2) is 0 Å². The van der Waals surface area contributed by atoms with Gasteiger partial charge in [-0.2, -0.15) is 0 Å². The molecule has 0 nitrogen and oxygen atoms in total. The molecule has 0 bridgehead atoms. The first-order valence-electron chi connectivity index (χ1n) is 3.86. The minimum Gasteiger partial charge on any atom is -0.100 e. The van der Waals surface area contributed by atoms with Crippen LogP contribution in [-0.2, 0) is 0 Å². The predicted molar refractivity (Wildman–Crippen MR) is 58.5 cm³/mol. The second kappa shape index (κ2) is 16.3. The lowest BCUT2D eigenvalue weighted by Crippen LogP contribution is -1.53. The van der Waals surface area contributed by atoms with E-state index in [9.17, 15) is 0 Å². The van der Waals surface area contributed by atoms with Gasteiger partial charge in [-0.1, -0.05) is 24.8 Å². The maximum atomic E-state index is 3.56. The molecule has 1 heteroatoms. The molecule has 0 heterocycles. The monoisotopic (exact) mass is 153 g/mol. The SMILES string of the molecule is C=C(C)C.C=C(C)C.C[B]C. The van der Waals surface area contributed by atoms with Gasteiger partial charge in [-0.15, -0.1) is 13.2 Å². The van der Waals surface area contributed by atoms with E-state index >= 15 is 0 Å². The van der Waals surface area contributed by atoms with Crippen LogP contribution in [0.15, 0.2) is 24.3 Å². The maximum Gasteiger partial charge on any atom is 0.102 e. The van der Waals surface area contributed by atoms with Crippen LogP contribution in [0.25, 0.3) is 0 Å². The molecule has 0 rings (SSSR count). The summed E-state index contributed by atoms with van der Waals surface area (Å²) >= 11 is 0. The standard InChI is InChI=1S/2C4H8.C2H6B/c2*1-4(2)3;1-3-2/h2*1H2,2-3H3;1-2H3.